The maximum atomic E-state index is 10.5. The van der Waals surface area contributed by atoms with E-state index in [1.807, 2.05) is 18.2 Å². The molecule has 0 radical (unpaired) electrons. The molecule has 1 N–H and O–H groups in total. The predicted molar refractivity (Wildman–Crippen MR) is 92.4 cm³/mol. The number of benzene rings is 2. The van der Waals surface area contributed by atoms with Crippen LogP contribution in [0.15, 0.2) is 24.3 Å². The minimum Gasteiger partial charge on any atom is -0.507 e. The van der Waals surface area contributed by atoms with Crippen molar-refractivity contribution in [3.8, 4) is 34.5 Å². The van der Waals surface area contributed by atoms with Crippen molar-refractivity contribution >= 4 is 0 Å². The van der Waals surface area contributed by atoms with E-state index >= 15 is 0 Å². The van der Waals surface area contributed by atoms with Crippen molar-refractivity contribution in [1.29, 1.82) is 0 Å². The Balaban J connectivity index is 1.59. The van der Waals surface area contributed by atoms with Crippen LogP contribution in [0.4, 0.5) is 0 Å². The number of ether oxygens (including phenoxy) is 5. The maximum Gasteiger partial charge on any atom is 0.231 e. The van der Waals surface area contributed by atoms with E-state index < -0.39 is 0 Å². The number of hydrogen-bond acceptors (Lipinski definition) is 6. The molecule has 3 atom stereocenters. The molecular formula is C20H20O6. The van der Waals surface area contributed by atoms with Gasteiger partial charge in [-0.3, -0.25) is 0 Å². The summed E-state index contributed by atoms with van der Waals surface area (Å²) in [6.07, 6.45) is 0.668. The van der Waals surface area contributed by atoms with Crippen molar-refractivity contribution in [1.82, 2.24) is 0 Å². The molecule has 3 aliphatic rings. The SMILES string of the molecule is CC[C@H]1c2cc3c(cc2O[C@H](c2cc4c(cc2O)OCO4)[C@H]1C)OCO3. The summed E-state index contributed by atoms with van der Waals surface area (Å²) < 4.78 is 28.2. The number of phenols is 1. The quantitative estimate of drug-likeness (QED) is 0.873. The zero-order valence-corrected chi connectivity index (χ0v) is 14.7. The first-order valence-corrected chi connectivity index (χ1v) is 8.88. The summed E-state index contributed by atoms with van der Waals surface area (Å²) in [7, 11) is 0. The molecule has 0 bridgehead atoms. The Labute approximate surface area is 151 Å². The minimum absolute atomic E-state index is 0.158. The lowest BCUT2D eigenvalue weighted by Gasteiger charge is -2.38. The third-order valence-electron chi connectivity index (χ3n) is 5.54. The lowest BCUT2D eigenvalue weighted by atomic mass is 9.77. The molecule has 0 unspecified atom stereocenters. The fourth-order valence-corrected chi connectivity index (χ4v) is 4.18. The van der Waals surface area contributed by atoms with E-state index in [2.05, 4.69) is 13.8 Å². The average Bonchev–Trinajstić information content (AvgIpc) is 3.27. The summed E-state index contributed by atoms with van der Waals surface area (Å²) in [5.41, 5.74) is 1.84. The Morgan fingerprint density at radius 1 is 0.846 bits per heavy atom. The molecule has 5 rings (SSSR count). The van der Waals surface area contributed by atoms with Gasteiger partial charge in [0.2, 0.25) is 13.6 Å². The van der Waals surface area contributed by atoms with Gasteiger partial charge in [0.1, 0.15) is 17.6 Å². The molecule has 6 nitrogen and oxygen atoms in total. The van der Waals surface area contributed by atoms with E-state index in [9.17, 15) is 5.11 Å². The lowest BCUT2D eigenvalue weighted by Crippen LogP contribution is -2.27. The maximum absolute atomic E-state index is 10.5. The van der Waals surface area contributed by atoms with Crippen LogP contribution in [0.2, 0.25) is 0 Å². The highest BCUT2D eigenvalue weighted by Crippen LogP contribution is 2.53. The van der Waals surface area contributed by atoms with E-state index in [0.717, 1.165) is 23.5 Å². The van der Waals surface area contributed by atoms with Crippen molar-refractivity contribution in [3.05, 3.63) is 35.4 Å². The van der Waals surface area contributed by atoms with Crippen LogP contribution in [0.1, 0.15) is 43.4 Å². The van der Waals surface area contributed by atoms with Gasteiger partial charge < -0.3 is 28.8 Å². The van der Waals surface area contributed by atoms with Gasteiger partial charge in [0, 0.05) is 29.2 Å². The summed E-state index contributed by atoms with van der Waals surface area (Å²) in [5, 5.41) is 10.5. The molecular weight excluding hydrogens is 336 g/mol. The molecule has 2 aromatic carbocycles. The molecule has 0 aromatic heterocycles. The molecule has 26 heavy (non-hydrogen) atoms. The van der Waals surface area contributed by atoms with Gasteiger partial charge in [0.25, 0.3) is 0 Å². The van der Waals surface area contributed by atoms with Gasteiger partial charge in [-0.1, -0.05) is 13.8 Å². The van der Waals surface area contributed by atoms with Crippen LogP contribution in [-0.2, 0) is 0 Å². The fourth-order valence-electron chi connectivity index (χ4n) is 4.18. The Bertz CT molecular complexity index is 877. The van der Waals surface area contributed by atoms with Crippen LogP contribution in [0.25, 0.3) is 0 Å². The highest BCUT2D eigenvalue weighted by atomic mass is 16.7. The van der Waals surface area contributed by atoms with Gasteiger partial charge in [0.05, 0.1) is 0 Å². The Hall–Kier alpha value is -2.76. The number of fused-ring (bicyclic) bond motifs is 3. The van der Waals surface area contributed by atoms with Crippen LogP contribution in [-0.4, -0.2) is 18.7 Å². The van der Waals surface area contributed by atoms with Gasteiger partial charge in [-0.2, -0.15) is 0 Å². The molecule has 6 heteroatoms. The second kappa shape index (κ2) is 5.62. The highest BCUT2D eigenvalue weighted by molar-refractivity contribution is 5.56. The van der Waals surface area contributed by atoms with Crippen LogP contribution in [0.5, 0.6) is 34.5 Å². The average molecular weight is 356 g/mol. The first-order valence-electron chi connectivity index (χ1n) is 8.88. The Morgan fingerprint density at radius 2 is 1.42 bits per heavy atom. The smallest absolute Gasteiger partial charge is 0.231 e. The van der Waals surface area contributed by atoms with Crippen molar-refractivity contribution in [2.24, 2.45) is 5.92 Å². The van der Waals surface area contributed by atoms with E-state index in [1.54, 1.807) is 6.07 Å². The van der Waals surface area contributed by atoms with E-state index in [0.29, 0.717) is 22.8 Å². The van der Waals surface area contributed by atoms with Gasteiger partial charge in [-0.25, -0.2) is 0 Å². The summed E-state index contributed by atoms with van der Waals surface area (Å²) in [6.45, 7) is 4.72. The molecule has 3 heterocycles. The Kier molecular flexibility index (Phi) is 3.35. The van der Waals surface area contributed by atoms with E-state index in [-0.39, 0.29) is 37.3 Å². The molecule has 2 aromatic rings. The molecule has 0 aliphatic carbocycles. The minimum atomic E-state index is -0.290. The van der Waals surface area contributed by atoms with E-state index in [1.165, 1.54) is 0 Å². The van der Waals surface area contributed by atoms with Crippen LogP contribution in [0.3, 0.4) is 0 Å². The molecule has 0 amide bonds. The standard InChI is InChI=1S/C20H20O6/c1-3-11-10(2)20(13-5-17-18(6-14(13)21)24-8-23-17)26-15-7-19-16(4-12(11)15)22-9-25-19/h4-7,10-11,20-21H,3,8-9H2,1-2H3/t10-,11+,20-/m0/s1. The summed E-state index contributed by atoms with van der Waals surface area (Å²) in [6, 6.07) is 7.34. The normalized spacial score (nSPS) is 24.9. The van der Waals surface area contributed by atoms with Crippen LogP contribution < -0.4 is 23.7 Å². The number of phenolic OH excluding ortho intramolecular Hbond substituents is 1. The lowest BCUT2D eigenvalue weighted by molar-refractivity contribution is 0.0976. The molecule has 0 spiro atoms. The summed E-state index contributed by atoms with van der Waals surface area (Å²) in [5.74, 6) is 4.04. The summed E-state index contributed by atoms with van der Waals surface area (Å²) >= 11 is 0. The van der Waals surface area contributed by atoms with Crippen molar-refractivity contribution in [3.63, 3.8) is 0 Å². The van der Waals surface area contributed by atoms with Crippen molar-refractivity contribution < 1.29 is 28.8 Å². The first-order chi connectivity index (χ1) is 12.7. The first kappa shape index (κ1) is 15.5. The van der Waals surface area contributed by atoms with E-state index in [4.69, 9.17) is 23.7 Å². The number of aromatic hydroxyl groups is 1. The zero-order valence-electron chi connectivity index (χ0n) is 14.7. The molecule has 136 valence electrons. The van der Waals surface area contributed by atoms with Crippen molar-refractivity contribution in [2.75, 3.05) is 13.6 Å². The summed E-state index contributed by atoms with van der Waals surface area (Å²) in [4.78, 5) is 0. The molecule has 0 saturated carbocycles. The number of rotatable bonds is 2. The second-order valence-corrected chi connectivity index (χ2v) is 6.92. The number of hydrogen-bond donors (Lipinski definition) is 1. The molecule has 3 aliphatic heterocycles. The fraction of sp³-hybridized carbons (Fsp3) is 0.400. The highest BCUT2D eigenvalue weighted by Gasteiger charge is 2.39. The van der Waals surface area contributed by atoms with Gasteiger partial charge in [0.15, 0.2) is 23.0 Å². The predicted octanol–water partition coefficient (Wildman–Crippen LogP) is 4.11. The molecule has 0 saturated heterocycles. The third kappa shape index (κ3) is 2.18. The zero-order chi connectivity index (χ0) is 17.8. The molecule has 0 fully saturated rings. The monoisotopic (exact) mass is 356 g/mol. The van der Waals surface area contributed by atoms with Gasteiger partial charge >= 0.3 is 0 Å². The third-order valence-corrected chi connectivity index (χ3v) is 5.54. The van der Waals surface area contributed by atoms with Crippen molar-refractivity contribution in [2.45, 2.75) is 32.3 Å². The second-order valence-electron chi connectivity index (χ2n) is 6.92. The van der Waals surface area contributed by atoms with Gasteiger partial charge in [-0.05, 0) is 24.5 Å². The Morgan fingerprint density at radius 3 is 2.08 bits per heavy atom. The van der Waals surface area contributed by atoms with Crippen LogP contribution in [0, 0.1) is 5.92 Å². The largest absolute Gasteiger partial charge is 0.507 e. The van der Waals surface area contributed by atoms with Crippen LogP contribution >= 0.6 is 0 Å². The van der Waals surface area contributed by atoms with Gasteiger partial charge in [-0.15, -0.1) is 0 Å². The topological polar surface area (TPSA) is 66.4 Å².